The van der Waals surface area contributed by atoms with E-state index in [0.717, 1.165) is 93.5 Å². The highest BCUT2D eigenvalue weighted by atomic mass is 19.1. The van der Waals surface area contributed by atoms with Crippen molar-refractivity contribution in [3.05, 3.63) is 84.3 Å². The number of hydrogen-bond donors (Lipinski definition) is 2. The highest BCUT2D eigenvalue weighted by Gasteiger charge is 2.47. The minimum atomic E-state index is -1.27. The lowest BCUT2D eigenvalue weighted by Gasteiger charge is -2.48. The van der Waals surface area contributed by atoms with Crippen molar-refractivity contribution < 1.29 is 32.5 Å². The van der Waals surface area contributed by atoms with E-state index in [0.29, 0.717) is 99.2 Å². The summed E-state index contributed by atoms with van der Waals surface area (Å²) < 4.78 is 63.5. The van der Waals surface area contributed by atoms with Gasteiger partial charge in [0.25, 0.3) is 0 Å². The number of benzene rings is 3. The first-order valence-corrected chi connectivity index (χ1v) is 25.5. The summed E-state index contributed by atoms with van der Waals surface area (Å²) in [6.07, 6.45) is 10.8. The highest BCUT2D eigenvalue weighted by Crippen LogP contribution is 2.48. The number of anilines is 2. The molecule has 0 radical (unpaired) electrons. The van der Waals surface area contributed by atoms with Gasteiger partial charge in [-0.3, -0.25) is 19.4 Å². The van der Waals surface area contributed by atoms with Crippen molar-refractivity contribution in [2.45, 2.75) is 88.4 Å². The molecule has 2 N–H and O–H groups in total. The average Bonchev–Trinajstić information content (AvgIpc) is 4.00. The van der Waals surface area contributed by atoms with Crippen molar-refractivity contribution in [3.8, 4) is 23.0 Å². The fourth-order valence-electron chi connectivity index (χ4n) is 12.1. The van der Waals surface area contributed by atoms with Gasteiger partial charge in [-0.15, -0.1) is 0 Å². The summed E-state index contributed by atoms with van der Waals surface area (Å²) in [5, 5.41) is 20.7. The predicted molar refractivity (Wildman–Crippen MR) is 267 cm³/mol. The molecule has 5 saturated heterocycles. The molecule has 1 amide bonds. The number of aromatic nitrogens is 5. The molecule has 12 rings (SSSR count). The molecule has 3 aromatic carbocycles. The lowest BCUT2D eigenvalue weighted by atomic mass is 9.86. The second-order valence-corrected chi connectivity index (χ2v) is 21.2. The van der Waals surface area contributed by atoms with Crippen LogP contribution in [0.1, 0.15) is 76.3 Å². The van der Waals surface area contributed by atoms with Crippen LogP contribution >= 0.6 is 0 Å². The van der Waals surface area contributed by atoms with E-state index in [2.05, 4.69) is 59.8 Å². The first kappa shape index (κ1) is 46.1. The Morgan fingerprint density at radius 3 is 2.45 bits per heavy atom. The third-order valence-electron chi connectivity index (χ3n) is 16.4. The Morgan fingerprint density at radius 2 is 1.70 bits per heavy atom. The van der Waals surface area contributed by atoms with Crippen molar-refractivity contribution in [2.75, 3.05) is 88.5 Å². The van der Waals surface area contributed by atoms with Gasteiger partial charge in [-0.05, 0) is 111 Å². The number of nitrogens with one attached hydrogen (secondary N) is 1. The number of fused-ring (bicyclic) bond motifs is 3. The number of likely N-dealkylation sites (tertiary alicyclic amines) is 1. The summed E-state index contributed by atoms with van der Waals surface area (Å²) in [7, 11) is 0. The van der Waals surface area contributed by atoms with Gasteiger partial charge < -0.3 is 34.6 Å². The van der Waals surface area contributed by atoms with Crippen molar-refractivity contribution in [1.82, 2.24) is 39.8 Å². The van der Waals surface area contributed by atoms with E-state index in [1.54, 1.807) is 18.3 Å². The van der Waals surface area contributed by atoms with Crippen molar-refractivity contribution in [2.24, 2.45) is 5.41 Å². The number of hydrogen-bond acceptors (Lipinski definition) is 12. The fraction of sp³-hybridized carbons (Fsp3) is 0.500. The maximum atomic E-state index is 17.2. The molecule has 17 heteroatoms. The molecule has 1 saturated carbocycles. The van der Waals surface area contributed by atoms with Crippen molar-refractivity contribution >= 4 is 50.0 Å². The van der Waals surface area contributed by atoms with E-state index < -0.39 is 17.3 Å². The number of rotatable bonds is 12. The summed E-state index contributed by atoms with van der Waals surface area (Å²) >= 11 is 0. The maximum absolute atomic E-state index is 17.2. The van der Waals surface area contributed by atoms with E-state index in [4.69, 9.17) is 19.4 Å². The topological polar surface area (TPSA) is 137 Å². The van der Waals surface area contributed by atoms with Gasteiger partial charge >= 0.3 is 6.01 Å². The van der Waals surface area contributed by atoms with Crippen molar-refractivity contribution in [1.29, 1.82) is 0 Å². The predicted octanol–water partition coefficient (Wildman–Crippen LogP) is 8.25. The van der Waals surface area contributed by atoms with Gasteiger partial charge in [-0.1, -0.05) is 19.6 Å². The van der Waals surface area contributed by atoms with Crippen molar-refractivity contribution in [3.63, 3.8) is 0 Å². The molecule has 8 heterocycles. The van der Waals surface area contributed by atoms with Gasteiger partial charge in [0.1, 0.15) is 40.3 Å². The number of allylic oxidation sites excluding steroid dienone is 1. The average molecular weight is 971 g/mol. The third kappa shape index (κ3) is 8.70. The number of phenolic OH excluding ortho intramolecular Hbond substituents is 1. The number of alkyl halides is 1. The summed E-state index contributed by atoms with van der Waals surface area (Å²) in [5.74, 6) is -0.729. The van der Waals surface area contributed by atoms with Gasteiger partial charge in [-0.2, -0.15) is 15.1 Å². The van der Waals surface area contributed by atoms with Crippen LogP contribution in [0.5, 0.6) is 11.8 Å². The lowest BCUT2D eigenvalue weighted by molar-refractivity contribution is -0.151. The molecule has 14 nitrogen and oxygen atoms in total. The number of carbonyl (C=O) groups is 1. The molecular weight excluding hydrogens is 910 g/mol. The van der Waals surface area contributed by atoms with Crippen LogP contribution in [0.3, 0.4) is 0 Å². The molecule has 1 spiro atoms. The number of carbonyl (C=O) groups excluding carboxylic acids is 1. The number of aryl methyl sites for hydroxylation is 1. The van der Waals surface area contributed by atoms with Crippen LogP contribution in [0.15, 0.2) is 67.1 Å². The Bertz CT molecular complexity index is 3070. The van der Waals surface area contributed by atoms with E-state index in [9.17, 15) is 9.90 Å². The van der Waals surface area contributed by atoms with Crippen LogP contribution in [-0.2, 0) is 16.0 Å². The minimum Gasteiger partial charge on any atom is -0.508 e. The Labute approximate surface area is 410 Å². The summed E-state index contributed by atoms with van der Waals surface area (Å²) in [6, 6.07) is 11.9. The second-order valence-electron chi connectivity index (χ2n) is 21.2. The zero-order valence-corrected chi connectivity index (χ0v) is 40.4. The van der Waals surface area contributed by atoms with Crippen LogP contribution in [0.2, 0.25) is 0 Å². The van der Waals surface area contributed by atoms with Crippen LogP contribution < -0.4 is 19.9 Å². The third-order valence-corrected chi connectivity index (χ3v) is 16.4. The molecule has 1 aliphatic carbocycles. The van der Waals surface area contributed by atoms with E-state index in [1.807, 2.05) is 17.8 Å². The van der Waals surface area contributed by atoms with E-state index in [1.165, 1.54) is 12.1 Å². The van der Waals surface area contributed by atoms with E-state index >= 15 is 13.2 Å². The molecule has 2 atom stereocenters. The Morgan fingerprint density at radius 1 is 0.901 bits per heavy atom. The number of ether oxygens (including phenoxy) is 2. The molecule has 71 heavy (non-hydrogen) atoms. The second kappa shape index (κ2) is 17.9. The first-order valence-electron chi connectivity index (χ1n) is 25.5. The summed E-state index contributed by atoms with van der Waals surface area (Å²) in [5.41, 5.74) is 1.81. The summed E-state index contributed by atoms with van der Waals surface area (Å²) in [4.78, 5) is 36.1. The molecule has 6 aromatic rings. The first-order chi connectivity index (χ1) is 34.4. The molecular formula is C54H61F3N10O4. The van der Waals surface area contributed by atoms with Gasteiger partial charge in [0, 0.05) is 106 Å². The van der Waals surface area contributed by atoms with Crippen LogP contribution in [-0.4, -0.2) is 135 Å². The number of nitrogens with zero attached hydrogens (tertiary/aromatic N) is 9. The van der Waals surface area contributed by atoms with Gasteiger partial charge in [0.2, 0.25) is 5.91 Å². The highest BCUT2D eigenvalue weighted by molar-refractivity contribution is 6.02. The molecule has 372 valence electrons. The zero-order chi connectivity index (χ0) is 48.6. The SMILES string of the molecule is C=C1CCC(n2ncc3cc(N4CCN(CC5(F)CCN(CC6(COc7nc(N8CCC[C@]9(CCO9)C8)c8cnc(-c9cc(O)cc%10ccc(F)c(CC)c9%10)c(F)c8n7)CC6)CC5)CC4)ccc32)C(=O)N1. The molecule has 1 unspecified atom stereocenters. The number of amides is 1. The van der Waals surface area contributed by atoms with Crippen LogP contribution in [0, 0.1) is 17.0 Å². The maximum Gasteiger partial charge on any atom is 0.319 e. The number of pyridine rings is 1. The smallest absolute Gasteiger partial charge is 0.319 e. The molecule has 3 aromatic heterocycles. The number of piperidine rings is 3. The monoisotopic (exact) mass is 970 g/mol. The molecule has 6 aliphatic rings. The number of aromatic hydroxyl groups is 1. The quantitative estimate of drug-likeness (QED) is 0.122. The zero-order valence-electron chi connectivity index (χ0n) is 40.4. The van der Waals surface area contributed by atoms with Gasteiger partial charge in [-0.25, -0.2) is 13.2 Å². The Hall–Kier alpha value is -6.04. The molecule has 0 bridgehead atoms. The van der Waals surface area contributed by atoms with Crippen LogP contribution in [0.4, 0.5) is 24.7 Å². The van der Waals surface area contributed by atoms with Gasteiger partial charge in [0.05, 0.1) is 35.9 Å². The fourth-order valence-corrected chi connectivity index (χ4v) is 12.1. The Kier molecular flexibility index (Phi) is 11.6. The minimum absolute atomic E-state index is 0.0409. The largest absolute Gasteiger partial charge is 0.508 e. The standard InChI is InChI=1S/C54H61F3N10O4/c1-3-39-42(55)8-6-35-26-38(68)27-40(45(35)39)47-46(56)48-41(29-58-47)49(66-17-4-11-54(32-66)16-24-71-54)62-51(61-48)70-33-52(12-13-52)30-63-18-14-53(57,15-19-63)31-64-20-22-65(23-21-64)37-7-10-43-36(25-37)28-59-67(43)44-9-5-34(2)60-50(44)69/h6-8,10,25-29,44,68H,2-5,9,11-24,30-33H2,1H3,(H,60,69)/t44?,54-/m0/s1. The molecule has 5 aliphatic heterocycles. The number of phenols is 1. The van der Waals surface area contributed by atoms with Crippen LogP contribution in [0.25, 0.3) is 43.8 Å². The number of piperazine rings is 1. The normalized spacial score (nSPS) is 23.7. The lowest BCUT2D eigenvalue weighted by Crippen LogP contribution is -2.56. The van der Waals surface area contributed by atoms with E-state index in [-0.39, 0.29) is 51.5 Å². The Balaban J connectivity index is 0.704. The summed E-state index contributed by atoms with van der Waals surface area (Å²) in [6.45, 7) is 13.8. The number of halogens is 3. The molecule has 6 fully saturated rings. The van der Waals surface area contributed by atoms with Gasteiger partial charge in [0.15, 0.2) is 5.82 Å².